The highest BCUT2D eigenvalue weighted by Crippen LogP contribution is 2.27. The molecule has 1 aliphatic carbocycles. The number of carbonyl (C=O) groups excluding carboxylic acids is 1. The van der Waals surface area contributed by atoms with E-state index in [2.05, 4.69) is 9.88 Å². The fourth-order valence-electron chi connectivity index (χ4n) is 4.11. The van der Waals surface area contributed by atoms with E-state index in [-0.39, 0.29) is 11.8 Å². The molecule has 0 bridgehead atoms. The van der Waals surface area contributed by atoms with Gasteiger partial charge in [0.1, 0.15) is 5.82 Å². The minimum absolute atomic E-state index is 0.195. The second-order valence-electron chi connectivity index (χ2n) is 7.25. The summed E-state index contributed by atoms with van der Waals surface area (Å²) < 4.78 is 1.98. The van der Waals surface area contributed by atoms with Gasteiger partial charge in [-0.25, -0.2) is 4.98 Å². The first kappa shape index (κ1) is 16.5. The molecule has 0 atom stereocenters. The molecule has 2 aliphatic rings. The Labute approximate surface area is 139 Å². The van der Waals surface area contributed by atoms with Gasteiger partial charge in [0.2, 0.25) is 5.91 Å². The van der Waals surface area contributed by atoms with Gasteiger partial charge in [-0.1, -0.05) is 19.3 Å². The summed E-state index contributed by atoms with van der Waals surface area (Å²) in [6.07, 6.45) is 12.6. The lowest BCUT2D eigenvalue weighted by Gasteiger charge is -2.39. The molecule has 0 radical (unpaired) electrons. The first-order valence-electron chi connectivity index (χ1n) is 9.10. The van der Waals surface area contributed by atoms with E-state index in [1.54, 1.807) is 6.20 Å². The zero-order valence-electron chi connectivity index (χ0n) is 14.6. The van der Waals surface area contributed by atoms with Gasteiger partial charge in [-0.3, -0.25) is 4.79 Å². The van der Waals surface area contributed by atoms with Crippen molar-refractivity contribution in [3.63, 3.8) is 0 Å². The second kappa shape index (κ2) is 7.47. The third kappa shape index (κ3) is 3.94. The fraction of sp³-hybridized carbons (Fsp3) is 0.778. The highest BCUT2D eigenvalue weighted by Gasteiger charge is 2.30. The summed E-state index contributed by atoms with van der Waals surface area (Å²) in [6, 6.07) is 0.782. The number of rotatable bonds is 4. The van der Waals surface area contributed by atoms with Crippen LogP contribution in [0.1, 0.15) is 50.8 Å². The van der Waals surface area contributed by atoms with E-state index >= 15 is 0 Å². The summed E-state index contributed by atoms with van der Waals surface area (Å²) in [7, 11) is 3.88. The number of likely N-dealkylation sites (tertiary alicyclic amines) is 1. The molecule has 3 rings (SSSR count). The van der Waals surface area contributed by atoms with Crippen LogP contribution in [0, 0.1) is 5.92 Å². The maximum absolute atomic E-state index is 12.7. The predicted octanol–water partition coefficient (Wildman–Crippen LogP) is 2.42. The van der Waals surface area contributed by atoms with Crippen molar-refractivity contribution < 1.29 is 4.79 Å². The van der Waals surface area contributed by atoms with Gasteiger partial charge >= 0.3 is 0 Å². The van der Waals surface area contributed by atoms with Crippen LogP contribution in [0.2, 0.25) is 0 Å². The van der Waals surface area contributed by atoms with Crippen LogP contribution in [0.5, 0.6) is 0 Å². The van der Waals surface area contributed by atoms with Gasteiger partial charge in [-0.15, -0.1) is 0 Å². The topological polar surface area (TPSA) is 41.4 Å². The Balaban J connectivity index is 1.48. The summed E-state index contributed by atoms with van der Waals surface area (Å²) in [6.45, 7) is 2.79. The minimum atomic E-state index is 0.195. The van der Waals surface area contributed by atoms with Crippen molar-refractivity contribution in [3.8, 4) is 0 Å². The van der Waals surface area contributed by atoms with Crippen LogP contribution in [0.25, 0.3) is 0 Å². The van der Waals surface area contributed by atoms with Gasteiger partial charge in [0.05, 0.1) is 6.54 Å². The van der Waals surface area contributed by atoms with Crippen molar-refractivity contribution in [2.24, 2.45) is 13.0 Å². The van der Waals surface area contributed by atoms with E-state index in [0.29, 0.717) is 6.54 Å². The van der Waals surface area contributed by atoms with Crippen LogP contribution >= 0.6 is 0 Å². The number of hydrogen-bond acceptors (Lipinski definition) is 3. The van der Waals surface area contributed by atoms with E-state index in [9.17, 15) is 4.79 Å². The SMILES string of the molecule is CN(Cc1nccn1C)C(=O)C1CCN(C2CCCCC2)CC1. The molecule has 2 fully saturated rings. The van der Waals surface area contributed by atoms with Crippen molar-refractivity contribution in [1.82, 2.24) is 19.4 Å². The van der Waals surface area contributed by atoms with E-state index in [1.807, 2.05) is 29.8 Å². The standard InChI is InChI=1S/C18H30N4O/c1-20-13-10-19-17(20)14-21(2)18(23)15-8-11-22(12-9-15)16-6-4-3-5-7-16/h10,13,15-16H,3-9,11-12,14H2,1-2H3. The number of carbonyl (C=O) groups is 1. The number of aryl methyl sites for hydroxylation is 1. The number of imidazole rings is 1. The molecule has 128 valence electrons. The first-order valence-corrected chi connectivity index (χ1v) is 9.10. The normalized spacial score (nSPS) is 21.5. The molecule has 23 heavy (non-hydrogen) atoms. The van der Waals surface area contributed by atoms with Crippen LogP contribution in [-0.2, 0) is 18.4 Å². The second-order valence-corrected chi connectivity index (χ2v) is 7.25. The zero-order chi connectivity index (χ0) is 16.2. The molecule has 5 nitrogen and oxygen atoms in total. The van der Waals surface area contributed by atoms with Crippen molar-refractivity contribution in [2.45, 2.75) is 57.5 Å². The third-order valence-corrected chi connectivity index (χ3v) is 5.65. The molecule has 0 spiro atoms. The van der Waals surface area contributed by atoms with Gasteiger partial charge in [-0.05, 0) is 38.8 Å². The fourth-order valence-corrected chi connectivity index (χ4v) is 4.11. The van der Waals surface area contributed by atoms with Crippen LogP contribution in [0.4, 0.5) is 0 Å². The average Bonchev–Trinajstić information content (AvgIpc) is 3.00. The maximum Gasteiger partial charge on any atom is 0.225 e. The van der Waals surface area contributed by atoms with Crippen LogP contribution in [0.3, 0.4) is 0 Å². The van der Waals surface area contributed by atoms with Gasteiger partial charge < -0.3 is 14.4 Å². The molecule has 1 amide bonds. The summed E-state index contributed by atoms with van der Waals surface area (Å²) in [4.78, 5) is 21.5. The molecular weight excluding hydrogens is 288 g/mol. The lowest BCUT2D eigenvalue weighted by atomic mass is 9.89. The van der Waals surface area contributed by atoms with Gasteiger partial charge in [0.25, 0.3) is 0 Å². The number of piperidine rings is 1. The Morgan fingerprint density at radius 2 is 1.91 bits per heavy atom. The van der Waals surface area contributed by atoms with E-state index in [1.165, 1.54) is 32.1 Å². The largest absolute Gasteiger partial charge is 0.338 e. The monoisotopic (exact) mass is 318 g/mol. The molecule has 1 saturated carbocycles. The first-order chi connectivity index (χ1) is 11.1. The molecule has 1 aliphatic heterocycles. The third-order valence-electron chi connectivity index (χ3n) is 5.65. The molecule has 1 aromatic rings. The Bertz CT molecular complexity index is 513. The number of aromatic nitrogens is 2. The quantitative estimate of drug-likeness (QED) is 0.856. The van der Waals surface area contributed by atoms with Crippen molar-refractivity contribution in [3.05, 3.63) is 18.2 Å². The molecule has 0 unspecified atom stereocenters. The van der Waals surface area contributed by atoms with Gasteiger partial charge in [0.15, 0.2) is 0 Å². The maximum atomic E-state index is 12.7. The Morgan fingerprint density at radius 1 is 1.22 bits per heavy atom. The number of hydrogen-bond donors (Lipinski definition) is 0. The van der Waals surface area contributed by atoms with Gasteiger partial charge in [-0.2, -0.15) is 0 Å². The smallest absolute Gasteiger partial charge is 0.225 e. The lowest BCUT2D eigenvalue weighted by molar-refractivity contribution is -0.136. The van der Waals surface area contributed by atoms with Crippen LogP contribution in [-0.4, -0.2) is 51.4 Å². The molecule has 5 heteroatoms. The Hall–Kier alpha value is -1.36. The average molecular weight is 318 g/mol. The highest BCUT2D eigenvalue weighted by molar-refractivity contribution is 5.78. The van der Waals surface area contributed by atoms with Crippen molar-refractivity contribution in [1.29, 1.82) is 0 Å². The van der Waals surface area contributed by atoms with E-state index in [0.717, 1.165) is 37.8 Å². The van der Waals surface area contributed by atoms with E-state index < -0.39 is 0 Å². The summed E-state index contributed by atoms with van der Waals surface area (Å²) in [5.41, 5.74) is 0. The Kier molecular flexibility index (Phi) is 5.36. The van der Waals surface area contributed by atoms with Crippen molar-refractivity contribution in [2.75, 3.05) is 20.1 Å². The molecule has 1 saturated heterocycles. The summed E-state index contributed by atoms with van der Waals surface area (Å²) >= 11 is 0. The summed E-state index contributed by atoms with van der Waals surface area (Å²) in [5.74, 6) is 1.43. The highest BCUT2D eigenvalue weighted by atomic mass is 16.2. The Morgan fingerprint density at radius 3 is 2.52 bits per heavy atom. The minimum Gasteiger partial charge on any atom is -0.338 e. The zero-order valence-corrected chi connectivity index (χ0v) is 14.6. The molecule has 1 aromatic heterocycles. The lowest BCUT2D eigenvalue weighted by Crippen LogP contribution is -2.45. The number of nitrogens with zero attached hydrogens (tertiary/aromatic N) is 4. The van der Waals surface area contributed by atoms with Crippen LogP contribution < -0.4 is 0 Å². The molecule has 2 heterocycles. The molecule has 0 aromatic carbocycles. The predicted molar refractivity (Wildman–Crippen MR) is 90.9 cm³/mol. The summed E-state index contributed by atoms with van der Waals surface area (Å²) in [5, 5.41) is 0. The van der Waals surface area contributed by atoms with E-state index in [4.69, 9.17) is 0 Å². The van der Waals surface area contributed by atoms with Crippen LogP contribution in [0.15, 0.2) is 12.4 Å². The number of amides is 1. The van der Waals surface area contributed by atoms with Crippen molar-refractivity contribution >= 4 is 5.91 Å². The molecular formula is C18H30N4O. The van der Waals surface area contributed by atoms with Gasteiger partial charge in [0, 0.05) is 38.4 Å². The molecule has 0 N–H and O–H groups in total.